The van der Waals surface area contributed by atoms with Gasteiger partial charge in [0.15, 0.2) is 4.34 Å². The van der Waals surface area contributed by atoms with Gasteiger partial charge >= 0.3 is 0 Å². The van der Waals surface area contributed by atoms with E-state index in [1.807, 2.05) is 31.2 Å². The third-order valence-corrected chi connectivity index (χ3v) is 5.33. The zero-order valence-corrected chi connectivity index (χ0v) is 16.4. The van der Waals surface area contributed by atoms with E-state index in [1.54, 1.807) is 0 Å². The molecule has 0 bridgehead atoms. The molecule has 2 aromatic rings. The summed E-state index contributed by atoms with van der Waals surface area (Å²) < 4.78 is 1.77. The van der Waals surface area contributed by atoms with E-state index in [2.05, 4.69) is 50.6 Å². The lowest BCUT2D eigenvalue weighted by atomic mass is 10.2. The number of hydrogen-bond donors (Lipinski definition) is 2. The van der Waals surface area contributed by atoms with Crippen LogP contribution in [0, 0.1) is 5.92 Å². The standard InChI is InChI=1S/C15H19BrN4OS2/c1-9(2)8-17-13(21)10(3)22-15-20-19-14(23-15)18-12-6-4-5-11(16)7-12/h4-7,9-10H,8H2,1-3H3,(H,17,21)(H,18,19). The molecular formula is C15H19BrN4OS2. The summed E-state index contributed by atoms with van der Waals surface area (Å²) in [6.45, 7) is 6.71. The summed E-state index contributed by atoms with van der Waals surface area (Å²) in [7, 11) is 0. The van der Waals surface area contributed by atoms with Gasteiger partial charge in [0.1, 0.15) is 0 Å². The Balaban J connectivity index is 1.90. The Morgan fingerprint density at radius 1 is 1.35 bits per heavy atom. The van der Waals surface area contributed by atoms with Gasteiger partial charge in [-0.15, -0.1) is 10.2 Å². The lowest BCUT2D eigenvalue weighted by Crippen LogP contribution is -2.33. The van der Waals surface area contributed by atoms with Crippen molar-refractivity contribution < 1.29 is 4.79 Å². The average Bonchev–Trinajstić information content (AvgIpc) is 2.91. The number of halogens is 1. The molecule has 1 aromatic heterocycles. The second-order valence-electron chi connectivity index (χ2n) is 5.41. The van der Waals surface area contributed by atoms with Gasteiger partial charge in [0.2, 0.25) is 11.0 Å². The number of nitrogens with one attached hydrogen (secondary N) is 2. The Bertz CT molecular complexity index is 662. The van der Waals surface area contributed by atoms with Gasteiger partial charge in [-0.25, -0.2) is 0 Å². The molecule has 0 saturated carbocycles. The van der Waals surface area contributed by atoms with Crippen LogP contribution in [-0.4, -0.2) is 27.9 Å². The van der Waals surface area contributed by atoms with E-state index in [4.69, 9.17) is 0 Å². The van der Waals surface area contributed by atoms with Crippen molar-refractivity contribution in [3.63, 3.8) is 0 Å². The Morgan fingerprint density at radius 2 is 2.13 bits per heavy atom. The summed E-state index contributed by atoms with van der Waals surface area (Å²) in [5.74, 6) is 0.471. The molecule has 0 aliphatic rings. The molecule has 0 fully saturated rings. The predicted molar refractivity (Wildman–Crippen MR) is 101 cm³/mol. The van der Waals surface area contributed by atoms with Crippen LogP contribution in [0.3, 0.4) is 0 Å². The molecule has 124 valence electrons. The van der Waals surface area contributed by atoms with Crippen molar-refractivity contribution in [1.29, 1.82) is 0 Å². The number of hydrogen-bond acceptors (Lipinski definition) is 6. The SMILES string of the molecule is CC(C)CNC(=O)C(C)Sc1nnc(Nc2cccc(Br)c2)s1. The van der Waals surface area contributed by atoms with Crippen molar-refractivity contribution in [2.24, 2.45) is 5.92 Å². The van der Waals surface area contributed by atoms with Gasteiger partial charge in [0.05, 0.1) is 5.25 Å². The largest absolute Gasteiger partial charge is 0.355 e. The van der Waals surface area contributed by atoms with Gasteiger partial charge in [-0.1, -0.05) is 58.9 Å². The zero-order valence-electron chi connectivity index (χ0n) is 13.2. The minimum absolute atomic E-state index is 0.0281. The summed E-state index contributed by atoms with van der Waals surface area (Å²) in [5.41, 5.74) is 0.940. The fourth-order valence-electron chi connectivity index (χ4n) is 1.65. The predicted octanol–water partition coefficient (Wildman–Crippen LogP) is 4.30. The summed E-state index contributed by atoms with van der Waals surface area (Å²) in [5, 5.41) is 14.9. The Morgan fingerprint density at radius 3 is 2.83 bits per heavy atom. The number of amides is 1. The molecule has 0 spiro atoms. The first kappa shape index (κ1) is 18.2. The fraction of sp³-hybridized carbons (Fsp3) is 0.400. The number of anilines is 2. The van der Waals surface area contributed by atoms with Gasteiger partial charge in [-0.05, 0) is 31.0 Å². The maximum absolute atomic E-state index is 12.0. The highest BCUT2D eigenvalue weighted by Crippen LogP contribution is 2.30. The van der Waals surface area contributed by atoms with Crippen molar-refractivity contribution in [2.45, 2.75) is 30.4 Å². The number of carbonyl (C=O) groups excluding carboxylic acids is 1. The van der Waals surface area contributed by atoms with E-state index < -0.39 is 0 Å². The summed E-state index contributed by atoms with van der Waals surface area (Å²) in [4.78, 5) is 12.0. The molecule has 0 aliphatic heterocycles. The first-order chi connectivity index (χ1) is 10.9. The number of aromatic nitrogens is 2. The molecule has 23 heavy (non-hydrogen) atoms. The third kappa shape index (κ3) is 6.12. The molecule has 0 saturated heterocycles. The van der Waals surface area contributed by atoms with Gasteiger partial charge in [-0.3, -0.25) is 4.79 Å². The molecule has 1 aromatic carbocycles. The van der Waals surface area contributed by atoms with E-state index in [9.17, 15) is 4.79 Å². The Kier molecular flexibility index (Phi) is 6.86. The lowest BCUT2D eigenvalue weighted by Gasteiger charge is -2.11. The molecule has 2 rings (SSSR count). The molecule has 0 aliphatic carbocycles. The van der Waals surface area contributed by atoms with Gasteiger partial charge in [0, 0.05) is 16.7 Å². The number of nitrogens with zero attached hydrogens (tertiary/aromatic N) is 2. The van der Waals surface area contributed by atoms with Crippen molar-refractivity contribution in [3.05, 3.63) is 28.7 Å². The van der Waals surface area contributed by atoms with Crippen molar-refractivity contribution in [3.8, 4) is 0 Å². The highest BCUT2D eigenvalue weighted by molar-refractivity contribution is 9.10. The van der Waals surface area contributed by atoms with Crippen LogP contribution in [0.1, 0.15) is 20.8 Å². The van der Waals surface area contributed by atoms with Crippen LogP contribution in [0.5, 0.6) is 0 Å². The van der Waals surface area contributed by atoms with Crippen LogP contribution < -0.4 is 10.6 Å². The van der Waals surface area contributed by atoms with E-state index in [1.165, 1.54) is 23.1 Å². The maximum atomic E-state index is 12.0. The molecule has 1 unspecified atom stereocenters. The van der Waals surface area contributed by atoms with E-state index >= 15 is 0 Å². The second kappa shape index (κ2) is 8.65. The van der Waals surface area contributed by atoms with Gasteiger partial charge in [-0.2, -0.15) is 0 Å². The highest BCUT2D eigenvalue weighted by atomic mass is 79.9. The second-order valence-corrected chi connectivity index (χ2v) is 8.89. The van der Waals surface area contributed by atoms with E-state index in [0.717, 1.165) is 14.5 Å². The lowest BCUT2D eigenvalue weighted by molar-refractivity contribution is -0.120. The third-order valence-electron chi connectivity index (χ3n) is 2.81. The van der Waals surface area contributed by atoms with Crippen LogP contribution in [0.2, 0.25) is 0 Å². The smallest absolute Gasteiger partial charge is 0.233 e. The summed E-state index contributed by atoms with van der Waals surface area (Å²) in [6, 6.07) is 7.84. The van der Waals surface area contributed by atoms with Gasteiger partial charge in [0.25, 0.3) is 0 Å². The van der Waals surface area contributed by atoms with Gasteiger partial charge < -0.3 is 10.6 Å². The monoisotopic (exact) mass is 414 g/mol. The van der Waals surface area contributed by atoms with Crippen LogP contribution in [0.15, 0.2) is 33.1 Å². The van der Waals surface area contributed by atoms with Crippen molar-refractivity contribution >= 4 is 55.8 Å². The first-order valence-corrected chi connectivity index (χ1v) is 9.73. The molecular weight excluding hydrogens is 396 g/mol. The molecule has 8 heteroatoms. The number of rotatable bonds is 7. The molecule has 1 amide bonds. The van der Waals surface area contributed by atoms with Crippen LogP contribution in [-0.2, 0) is 4.79 Å². The number of carbonyl (C=O) groups is 1. The minimum atomic E-state index is -0.194. The summed E-state index contributed by atoms with van der Waals surface area (Å²) in [6.07, 6.45) is 0. The maximum Gasteiger partial charge on any atom is 0.233 e. The van der Waals surface area contributed by atoms with E-state index in [-0.39, 0.29) is 11.2 Å². The Hall–Kier alpha value is -1.12. The average molecular weight is 415 g/mol. The fourth-order valence-corrected chi connectivity index (χ4v) is 3.99. The summed E-state index contributed by atoms with van der Waals surface area (Å²) >= 11 is 6.29. The van der Waals surface area contributed by atoms with Crippen LogP contribution in [0.25, 0.3) is 0 Å². The quantitative estimate of drug-likeness (QED) is 0.661. The number of thioether (sulfide) groups is 1. The van der Waals surface area contributed by atoms with Crippen molar-refractivity contribution in [1.82, 2.24) is 15.5 Å². The molecule has 0 radical (unpaired) electrons. The van der Waals surface area contributed by atoms with Crippen LogP contribution in [0.4, 0.5) is 10.8 Å². The topological polar surface area (TPSA) is 66.9 Å². The first-order valence-electron chi connectivity index (χ1n) is 7.24. The van der Waals surface area contributed by atoms with Crippen LogP contribution >= 0.6 is 39.0 Å². The molecule has 5 nitrogen and oxygen atoms in total. The zero-order chi connectivity index (χ0) is 16.8. The minimum Gasteiger partial charge on any atom is -0.355 e. The highest BCUT2D eigenvalue weighted by Gasteiger charge is 2.17. The molecule has 1 atom stereocenters. The number of benzene rings is 1. The van der Waals surface area contributed by atoms with Crippen molar-refractivity contribution in [2.75, 3.05) is 11.9 Å². The molecule has 1 heterocycles. The Labute approximate surface area is 152 Å². The van der Waals surface area contributed by atoms with E-state index in [0.29, 0.717) is 17.6 Å². The molecule has 2 N–H and O–H groups in total. The normalized spacial score (nSPS) is 12.2.